The molecule has 0 aliphatic carbocycles. The third kappa shape index (κ3) is 13.3. The van der Waals surface area contributed by atoms with Crippen LogP contribution in [0.1, 0.15) is 25.7 Å². The van der Waals surface area contributed by atoms with Gasteiger partial charge in [0.05, 0.1) is 0 Å². The van der Waals surface area contributed by atoms with Gasteiger partial charge in [-0.25, -0.2) is 0 Å². The third-order valence-electron chi connectivity index (χ3n) is 2.59. The van der Waals surface area contributed by atoms with Gasteiger partial charge in [-0.2, -0.15) is 0 Å². The van der Waals surface area contributed by atoms with E-state index >= 15 is 0 Å². The molecule has 0 amide bonds. The first kappa shape index (κ1) is 29.8. The molecule has 15 nitrogen and oxygen atoms in total. The molecule has 0 saturated carbocycles. The molecule has 0 rings (SSSR count). The molecule has 0 bridgehead atoms. The summed E-state index contributed by atoms with van der Waals surface area (Å²) in [7, 11) is 0. The number of aliphatic hydroxyl groups is 2. The fraction of sp³-hybridized carbons (Fsp3) is 0.500. The van der Waals surface area contributed by atoms with Crippen LogP contribution in [0.3, 0.4) is 0 Å². The van der Waals surface area contributed by atoms with Crippen molar-refractivity contribution in [3.8, 4) is 0 Å². The summed E-state index contributed by atoms with van der Waals surface area (Å²) in [5.41, 5.74) is -5.50. The topological polar surface area (TPSA) is 298 Å². The molecule has 0 aromatic rings. The average molecular weight is 471 g/mol. The molecule has 0 aliphatic heterocycles. The van der Waals surface area contributed by atoms with Gasteiger partial charge in [-0.05, 0) is 0 Å². The van der Waals surface area contributed by atoms with Gasteiger partial charge in [-0.3, -0.25) is 0 Å². The van der Waals surface area contributed by atoms with Crippen molar-refractivity contribution in [1.82, 2.24) is 0 Å². The van der Waals surface area contributed by atoms with Gasteiger partial charge in [-0.1, -0.05) is 0 Å². The Kier molecular flexibility index (Phi) is 14.2. The Morgan fingerprint density at radius 1 is 0.607 bits per heavy atom. The van der Waals surface area contributed by atoms with Crippen LogP contribution in [-0.4, -0.2) is 83.9 Å². The SMILES string of the molecule is O=C([O-])CC(O)(CC(=O)[O-])C(=O)[OH2+].O=C([O-])CC(O)(CC(=O)[O-])C(=O)[OH2+].[O]=[Ge]. The van der Waals surface area contributed by atoms with Crippen molar-refractivity contribution in [2.24, 2.45) is 0 Å². The molecule has 0 heterocycles. The van der Waals surface area contributed by atoms with Gasteiger partial charge in [0.15, 0.2) is 0 Å². The second kappa shape index (κ2) is 13.3. The van der Waals surface area contributed by atoms with Gasteiger partial charge in [0.25, 0.3) is 0 Å². The van der Waals surface area contributed by atoms with E-state index in [1.165, 1.54) is 0 Å². The van der Waals surface area contributed by atoms with E-state index in [4.69, 9.17) is 24.2 Å². The van der Waals surface area contributed by atoms with Crippen LogP contribution in [0, 0.1) is 0 Å². The number of rotatable bonds is 10. The standard InChI is InChI=1S/2C6H8O7.GeO/c2*7-3(8)1-6(13,5(11)12)2-4(9)10;1-2/h2*13H,1-2H2,(H,7,8)(H,9,10)(H,11,12);/p-2. The molecular formula is C12H14GeO15-2. The van der Waals surface area contributed by atoms with Crippen molar-refractivity contribution < 1.29 is 73.4 Å². The first-order valence-corrected chi connectivity index (χ1v) is 7.38. The number of hydrogen-bond acceptors (Lipinski definition) is 13. The Balaban J connectivity index is -0.000000410. The van der Waals surface area contributed by atoms with Gasteiger partial charge in [0, 0.05) is 59.1 Å². The van der Waals surface area contributed by atoms with E-state index in [2.05, 4.69) is 0 Å². The van der Waals surface area contributed by atoms with Crippen LogP contribution in [0.4, 0.5) is 0 Å². The van der Waals surface area contributed by atoms with Gasteiger partial charge >= 0.3 is 32.2 Å². The van der Waals surface area contributed by atoms with Crippen molar-refractivity contribution in [2.45, 2.75) is 36.9 Å². The van der Waals surface area contributed by atoms with Gasteiger partial charge < -0.3 is 60.0 Å². The predicted octanol–water partition coefficient (Wildman–Crippen LogP) is -10.0. The van der Waals surface area contributed by atoms with E-state index in [0.717, 1.165) is 16.5 Å². The summed E-state index contributed by atoms with van der Waals surface area (Å²) >= 11 is 0.750. The van der Waals surface area contributed by atoms with Crippen molar-refractivity contribution in [3.05, 3.63) is 0 Å². The van der Waals surface area contributed by atoms with Crippen molar-refractivity contribution in [1.29, 1.82) is 0 Å². The number of carbonyl (C=O) groups excluding carboxylic acids is 6. The number of hydrogen-bond donors (Lipinski definition) is 2. The predicted molar refractivity (Wildman–Crippen MR) is 72.1 cm³/mol. The summed E-state index contributed by atoms with van der Waals surface area (Å²) in [4.78, 5) is 60.7. The van der Waals surface area contributed by atoms with E-state index in [0.29, 0.717) is 0 Å². The van der Waals surface area contributed by atoms with Crippen LogP contribution < -0.4 is 20.4 Å². The summed E-state index contributed by atoms with van der Waals surface area (Å²) < 4.78 is 8.25. The summed E-state index contributed by atoms with van der Waals surface area (Å²) in [6, 6.07) is 0. The van der Waals surface area contributed by atoms with Gasteiger partial charge in [0.2, 0.25) is 11.2 Å². The molecule has 0 saturated heterocycles. The average Bonchev–Trinajstić information content (AvgIpc) is 2.46. The first-order chi connectivity index (χ1) is 12.6. The molecule has 0 atom stereocenters. The zero-order valence-corrected chi connectivity index (χ0v) is 15.8. The fourth-order valence-electron chi connectivity index (χ4n) is 1.40. The van der Waals surface area contributed by atoms with E-state index in [1.807, 2.05) is 0 Å². The Morgan fingerprint density at radius 3 is 0.821 bits per heavy atom. The molecule has 0 spiro atoms. The Morgan fingerprint density at radius 2 is 0.750 bits per heavy atom. The van der Waals surface area contributed by atoms with E-state index < -0.39 is 72.7 Å². The minimum absolute atomic E-state index is 0.750. The van der Waals surface area contributed by atoms with Crippen LogP contribution >= 0.6 is 0 Å². The van der Waals surface area contributed by atoms with Crippen LogP contribution in [0.25, 0.3) is 0 Å². The van der Waals surface area contributed by atoms with Crippen LogP contribution in [0.2, 0.25) is 0 Å². The molecule has 0 fully saturated rings. The molecule has 158 valence electrons. The second-order valence-corrected chi connectivity index (χ2v) is 4.92. The first-order valence-electron chi connectivity index (χ1n) is 6.52. The number of carboxylic acids is 4. The van der Waals surface area contributed by atoms with Crippen LogP contribution in [0.5, 0.6) is 0 Å². The number of carbonyl (C=O) groups is 6. The molecule has 0 aromatic heterocycles. The summed E-state index contributed by atoms with van der Waals surface area (Å²) in [5.74, 6) is -10.6. The Hall–Kier alpha value is -2.92. The zero-order valence-electron chi connectivity index (χ0n) is 13.7. The summed E-state index contributed by atoms with van der Waals surface area (Å²) in [6.07, 6.45) is -4.93. The number of aliphatic carboxylic acids is 4. The Labute approximate surface area is 163 Å². The molecule has 2 radical (unpaired) electrons. The molecule has 0 aliphatic rings. The summed E-state index contributed by atoms with van der Waals surface area (Å²) in [6.45, 7) is 0. The van der Waals surface area contributed by atoms with E-state index in [-0.39, 0.29) is 0 Å². The van der Waals surface area contributed by atoms with Crippen LogP contribution in [0.15, 0.2) is 0 Å². The van der Waals surface area contributed by atoms with Crippen molar-refractivity contribution in [3.63, 3.8) is 0 Å². The van der Waals surface area contributed by atoms with E-state index in [9.17, 15) is 49.2 Å². The monoisotopic (exact) mass is 472 g/mol. The van der Waals surface area contributed by atoms with E-state index in [1.54, 1.807) is 0 Å². The quantitative estimate of drug-likeness (QED) is 0.221. The molecule has 28 heavy (non-hydrogen) atoms. The second-order valence-electron chi connectivity index (χ2n) is 4.92. The van der Waals surface area contributed by atoms with Gasteiger partial charge in [-0.15, -0.1) is 0 Å². The minimum atomic E-state index is -2.75. The van der Waals surface area contributed by atoms with Crippen LogP contribution in [-0.2, 0) is 32.5 Å². The van der Waals surface area contributed by atoms with Crippen molar-refractivity contribution in [2.75, 3.05) is 0 Å². The maximum atomic E-state index is 10.4. The fourth-order valence-corrected chi connectivity index (χ4v) is 1.40. The van der Waals surface area contributed by atoms with Gasteiger partial charge in [0.1, 0.15) is 0 Å². The number of carboxylic acid groups (broad SMARTS) is 4. The molecule has 6 N–H and O–H groups in total. The molecule has 16 heteroatoms. The Bertz CT molecular complexity index is 528. The molecule has 0 unspecified atom stereocenters. The summed E-state index contributed by atoms with van der Waals surface area (Å²) in [5, 5.41) is 70.9. The molecular weight excluding hydrogens is 457 g/mol. The third-order valence-corrected chi connectivity index (χ3v) is 2.59. The molecule has 0 aromatic carbocycles. The van der Waals surface area contributed by atoms with Crippen molar-refractivity contribution >= 4 is 52.3 Å². The zero-order chi connectivity index (χ0) is 23.3. The normalized spacial score (nSPS) is 10.2. The maximum absolute atomic E-state index is 10.4.